The predicted octanol–water partition coefficient (Wildman–Crippen LogP) is 8.10. The van der Waals surface area contributed by atoms with Crippen molar-refractivity contribution in [1.82, 2.24) is 5.32 Å². The Kier molecular flexibility index (Phi) is 18.1. The first kappa shape index (κ1) is 44.9. The van der Waals surface area contributed by atoms with E-state index in [1.165, 1.54) is 13.2 Å². The average Bonchev–Trinajstić information content (AvgIpc) is 3.31. The van der Waals surface area contributed by atoms with Gasteiger partial charge < -0.3 is 38.3 Å². The number of aliphatic hydroxyl groups is 1. The fraction of sp³-hybridized carbons (Fsp3) is 0.320. The number of ether oxygens (including phenoxy) is 7. The third kappa shape index (κ3) is 14.5. The minimum atomic E-state index is -0.815. The highest BCUT2D eigenvalue weighted by atomic mass is 16.6. The Balaban J connectivity index is 1.28. The van der Waals surface area contributed by atoms with Crippen molar-refractivity contribution in [2.75, 3.05) is 20.3 Å². The van der Waals surface area contributed by atoms with Crippen LogP contribution < -0.4 is 5.32 Å². The Morgan fingerprint density at radius 3 is 1.49 bits per heavy atom. The molecule has 11 heteroatoms. The maximum atomic E-state index is 12.9. The lowest BCUT2D eigenvalue weighted by Crippen LogP contribution is -2.61. The van der Waals surface area contributed by atoms with Crippen LogP contribution in [0.5, 0.6) is 0 Å². The average molecular weight is 830 g/mol. The zero-order chi connectivity index (χ0) is 42.5. The van der Waals surface area contributed by atoms with Gasteiger partial charge in [0.25, 0.3) is 0 Å². The van der Waals surface area contributed by atoms with Crippen molar-refractivity contribution in [1.29, 1.82) is 0 Å². The lowest BCUT2D eigenvalue weighted by Gasteiger charge is -2.47. The van der Waals surface area contributed by atoms with Gasteiger partial charge in [-0.1, -0.05) is 158 Å². The Bertz CT molecular complexity index is 2040. The Morgan fingerprint density at radius 1 is 0.607 bits per heavy atom. The lowest BCUT2D eigenvalue weighted by atomic mass is 9.87. The van der Waals surface area contributed by atoms with Crippen LogP contribution in [0.15, 0.2) is 163 Å². The molecule has 1 fully saturated rings. The first-order valence-electron chi connectivity index (χ1n) is 20.6. The summed E-state index contributed by atoms with van der Waals surface area (Å²) in [5.41, 5.74) is 4.64. The SMILES string of the molecule is COC(=O)/C(=C/C[C@H](CO)C[C@@H]1O[C@H](COCc2ccccc2)[C@H](OCc2ccccc2)[C@H](OCc2ccccc2)[C@H]1OCc1ccccc1)NC(=O)OCc1ccccc1. The van der Waals surface area contributed by atoms with Crippen LogP contribution in [0.3, 0.4) is 0 Å². The number of allylic oxidation sites excluding steroid dienone is 1. The minimum Gasteiger partial charge on any atom is -0.464 e. The standard InChI is InChI=1S/C50H55NO10/c1-55-49(53)43(51-50(54)60-35-41-25-15-6-16-26-41)28-27-42(30-52)29-44-46(57-32-38-19-9-3-10-20-38)48(59-34-40-23-13-5-14-24-40)47(58-33-39-21-11-4-12-22-39)45(61-44)36-56-31-37-17-7-2-8-18-37/h2-26,28,42,44-48,52H,27,29-36H2,1H3,(H,51,54)/b43-28-/t42-,44-,45+,46-,47-,48+/m0/s1. The van der Waals surface area contributed by atoms with Gasteiger partial charge in [0.2, 0.25) is 0 Å². The number of alkyl carbamates (subject to hydrolysis) is 1. The summed E-state index contributed by atoms with van der Waals surface area (Å²) in [6.07, 6.45) is -1.95. The second kappa shape index (κ2) is 24.6. The summed E-state index contributed by atoms with van der Waals surface area (Å²) in [6.45, 7) is 1.16. The zero-order valence-electron chi connectivity index (χ0n) is 34.5. The molecule has 6 atom stereocenters. The van der Waals surface area contributed by atoms with Crippen LogP contribution in [-0.2, 0) is 71.0 Å². The van der Waals surface area contributed by atoms with Gasteiger partial charge in [-0.3, -0.25) is 5.32 Å². The number of carbonyl (C=O) groups excluding carboxylic acids is 2. The Hall–Kier alpha value is -5.66. The summed E-state index contributed by atoms with van der Waals surface area (Å²) in [5.74, 6) is -1.20. The molecular weight excluding hydrogens is 775 g/mol. The van der Waals surface area contributed by atoms with E-state index in [0.717, 1.165) is 27.8 Å². The number of esters is 1. The maximum Gasteiger partial charge on any atom is 0.412 e. The molecule has 61 heavy (non-hydrogen) atoms. The van der Waals surface area contributed by atoms with E-state index in [9.17, 15) is 14.7 Å². The summed E-state index contributed by atoms with van der Waals surface area (Å²) in [7, 11) is 1.23. The monoisotopic (exact) mass is 829 g/mol. The topological polar surface area (TPSA) is 131 Å². The van der Waals surface area contributed by atoms with Gasteiger partial charge >= 0.3 is 12.1 Å². The van der Waals surface area contributed by atoms with Crippen molar-refractivity contribution in [2.45, 2.75) is 76.4 Å². The van der Waals surface area contributed by atoms with Crippen molar-refractivity contribution in [3.05, 3.63) is 191 Å². The molecule has 1 aliphatic rings. The smallest absolute Gasteiger partial charge is 0.412 e. The van der Waals surface area contributed by atoms with E-state index in [1.807, 2.05) is 152 Å². The normalized spacial score (nSPS) is 19.4. The van der Waals surface area contributed by atoms with Gasteiger partial charge in [-0.15, -0.1) is 0 Å². The van der Waals surface area contributed by atoms with E-state index in [2.05, 4.69) is 5.32 Å². The van der Waals surface area contributed by atoms with Crippen molar-refractivity contribution in [3.8, 4) is 0 Å². The summed E-state index contributed by atoms with van der Waals surface area (Å²) < 4.78 is 44.1. The predicted molar refractivity (Wildman–Crippen MR) is 229 cm³/mol. The number of methoxy groups -OCH3 is 1. The number of rotatable bonds is 22. The third-order valence-electron chi connectivity index (χ3n) is 10.3. The van der Waals surface area contributed by atoms with E-state index in [1.54, 1.807) is 0 Å². The quantitative estimate of drug-likeness (QED) is 0.0522. The molecule has 0 aromatic heterocycles. The van der Waals surface area contributed by atoms with E-state index >= 15 is 0 Å². The molecule has 11 nitrogen and oxygen atoms in total. The number of aliphatic hydroxyl groups excluding tert-OH is 1. The number of carbonyl (C=O) groups is 2. The summed E-state index contributed by atoms with van der Waals surface area (Å²) in [5, 5.41) is 13.4. The second-order valence-electron chi connectivity index (χ2n) is 14.8. The van der Waals surface area contributed by atoms with Crippen LogP contribution in [0.4, 0.5) is 4.79 Å². The van der Waals surface area contributed by atoms with Crippen molar-refractivity contribution in [2.24, 2.45) is 5.92 Å². The van der Waals surface area contributed by atoms with E-state index in [-0.39, 0.29) is 45.2 Å². The molecule has 0 saturated carbocycles. The molecule has 2 N–H and O–H groups in total. The molecule has 1 saturated heterocycles. The highest BCUT2D eigenvalue weighted by Gasteiger charge is 2.48. The summed E-state index contributed by atoms with van der Waals surface area (Å²) >= 11 is 0. The van der Waals surface area contributed by atoms with Crippen LogP contribution in [0, 0.1) is 5.92 Å². The maximum absolute atomic E-state index is 12.9. The van der Waals surface area contributed by atoms with Crippen LogP contribution in [0.1, 0.15) is 40.7 Å². The van der Waals surface area contributed by atoms with Gasteiger partial charge in [-0.05, 0) is 46.6 Å². The molecule has 0 radical (unpaired) electrons. The number of benzene rings is 5. The van der Waals surface area contributed by atoms with Crippen molar-refractivity contribution >= 4 is 12.1 Å². The van der Waals surface area contributed by atoms with Gasteiger partial charge in [-0.25, -0.2) is 9.59 Å². The fourth-order valence-corrected chi connectivity index (χ4v) is 7.10. The molecule has 320 valence electrons. The highest BCUT2D eigenvalue weighted by Crippen LogP contribution is 2.34. The van der Waals surface area contributed by atoms with Crippen molar-refractivity contribution < 1.29 is 47.9 Å². The van der Waals surface area contributed by atoms with Gasteiger partial charge in [-0.2, -0.15) is 0 Å². The molecule has 5 aromatic carbocycles. The lowest BCUT2D eigenvalue weighted by molar-refractivity contribution is -0.275. The second-order valence-corrected chi connectivity index (χ2v) is 14.8. The number of hydrogen-bond acceptors (Lipinski definition) is 10. The minimum absolute atomic E-state index is 0.0174. The van der Waals surface area contributed by atoms with Crippen LogP contribution in [-0.4, -0.2) is 68.0 Å². The van der Waals surface area contributed by atoms with Crippen LogP contribution in [0.2, 0.25) is 0 Å². The number of amides is 1. The first-order chi connectivity index (χ1) is 30.0. The Morgan fingerprint density at radius 2 is 1.03 bits per heavy atom. The molecule has 0 bridgehead atoms. The van der Waals surface area contributed by atoms with E-state index < -0.39 is 48.5 Å². The molecule has 6 rings (SSSR count). The number of hydrogen-bond donors (Lipinski definition) is 2. The van der Waals surface area contributed by atoms with Gasteiger partial charge in [0.05, 0.1) is 46.2 Å². The first-order valence-corrected chi connectivity index (χ1v) is 20.6. The van der Waals surface area contributed by atoms with Crippen LogP contribution >= 0.6 is 0 Å². The molecule has 5 aromatic rings. The Labute approximate surface area is 358 Å². The number of nitrogens with one attached hydrogen (secondary N) is 1. The molecule has 1 amide bonds. The van der Waals surface area contributed by atoms with Crippen molar-refractivity contribution in [3.63, 3.8) is 0 Å². The fourth-order valence-electron chi connectivity index (χ4n) is 7.10. The molecule has 1 heterocycles. The molecule has 0 aliphatic carbocycles. The molecule has 0 spiro atoms. The molecular formula is C50H55NO10. The summed E-state index contributed by atoms with van der Waals surface area (Å²) in [6, 6.07) is 48.8. The largest absolute Gasteiger partial charge is 0.464 e. The molecule has 1 aliphatic heterocycles. The zero-order valence-corrected chi connectivity index (χ0v) is 34.5. The van der Waals surface area contributed by atoms with E-state index in [4.69, 9.17) is 33.2 Å². The van der Waals surface area contributed by atoms with Gasteiger partial charge in [0, 0.05) is 6.61 Å². The van der Waals surface area contributed by atoms with Crippen LogP contribution in [0.25, 0.3) is 0 Å². The highest BCUT2D eigenvalue weighted by molar-refractivity contribution is 5.92. The third-order valence-corrected chi connectivity index (χ3v) is 10.3. The van der Waals surface area contributed by atoms with Gasteiger partial charge in [0.1, 0.15) is 36.7 Å². The summed E-state index contributed by atoms with van der Waals surface area (Å²) in [4.78, 5) is 25.6. The molecule has 0 unspecified atom stereocenters. The van der Waals surface area contributed by atoms with E-state index in [0.29, 0.717) is 19.6 Å². The van der Waals surface area contributed by atoms with Gasteiger partial charge in [0.15, 0.2) is 0 Å².